The number of nitrogens with one attached hydrogen (secondary N) is 1. The van der Waals surface area contributed by atoms with Crippen LogP contribution in [0.4, 0.5) is 4.79 Å². The molecule has 1 N–H and O–H groups in total. The zero-order chi connectivity index (χ0) is 18.9. The van der Waals surface area contributed by atoms with Crippen molar-refractivity contribution in [3.8, 4) is 0 Å². The normalized spacial score (nSPS) is 12.0. The van der Waals surface area contributed by atoms with Crippen LogP contribution in [0.2, 0.25) is 0 Å². The summed E-state index contributed by atoms with van der Waals surface area (Å²) in [7, 11) is 0. The summed E-state index contributed by atoms with van der Waals surface area (Å²) in [5, 5.41) is 2.65. The van der Waals surface area contributed by atoms with Crippen molar-refractivity contribution in [1.82, 2.24) is 5.32 Å². The summed E-state index contributed by atoms with van der Waals surface area (Å²) in [6.07, 6.45) is 10.0. The number of rotatable bonds is 15. The Kier molecular flexibility index (Phi) is 15.4. The molecule has 0 radical (unpaired) electrons. The van der Waals surface area contributed by atoms with Crippen molar-refractivity contribution in [2.24, 2.45) is 5.92 Å². The molecular weight excluding hydrogens is 318 g/mol. The first-order valence-electron chi connectivity index (χ1n) is 10.1. The molecule has 0 bridgehead atoms. The molecule has 0 aromatic rings. The van der Waals surface area contributed by atoms with E-state index in [9.17, 15) is 9.59 Å². The largest absolute Gasteiger partial charge is 0.464 e. The molecule has 0 aromatic carbocycles. The third kappa shape index (κ3) is 14.8. The summed E-state index contributed by atoms with van der Waals surface area (Å²) in [5.41, 5.74) is 0. The van der Waals surface area contributed by atoms with Crippen LogP contribution in [0.1, 0.15) is 91.9 Å². The maximum absolute atomic E-state index is 12.2. The third-order valence-electron chi connectivity index (χ3n) is 4.01. The van der Waals surface area contributed by atoms with Crippen molar-refractivity contribution < 1.29 is 19.1 Å². The number of unbranched alkanes of at least 4 members (excludes halogenated alkanes) is 7. The van der Waals surface area contributed by atoms with Gasteiger partial charge in [-0.2, -0.15) is 0 Å². The summed E-state index contributed by atoms with van der Waals surface area (Å²) in [5.74, 6) is -0.0702. The quantitative estimate of drug-likeness (QED) is 0.322. The molecule has 0 aliphatic rings. The maximum atomic E-state index is 12.2. The van der Waals surface area contributed by atoms with Gasteiger partial charge < -0.3 is 14.8 Å². The zero-order valence-electron chi connectivity index (χ0n) is 16.8. The van der Waals surface area contributed by atoms with Gasteiger partial charge in [0, 0.05) is 0 Å². The van der Waals surface area contributed by atoms with E-state index in [0.29, 0.717) is 19.6 Å². The Morgan fingerprint density at radius 1 is 0.800 bits per heavy atom. The Bertz CT molecular complexity index is 345. The molecule has 148 valence electrons. The monoisotopic (exact) mass is 357 g/mol. The van der Waals surface area contributed by atoms with Gasteiger partial charge in [0.1, 0.15) is 6.04 Å². The highest BCUT2D eigenvalue weighted by molar-refractivity contribution is 5.81. The molecule has 0 aliphatic carbocycles. The fourth-order valence-electron chi connectivity index (χ4n) is 2.51. The first-order chi connectivity index (χ1) is 12.0. The second kappa shape index (κ2) is 16.2. The Labute approximate surface area is 154 Å². The predicted octanol–water partition coefficient (Wildman–Crippen LogP) is 5.22. The molecule has 5 nitrogen and oxygen atoms in total. The number of ether oxygens (including phenoxy) is 2. The van der Waals surface area contributed by atoms with Gasteiger partial charge in [0.05, 0.1) is 13.2 Å². The van der Waals surface area contributed by atoms with E-state index in [1.54, 1.807) is 0 Å². The SMILES string of the molecule is CCCCCCCCCOC(=O)[C@H](CC(C)C)NC(=O)OCCCC. The van der Waals surface area contributed by atoms with Crippen LogP contribution in [0.15, 0.2) is 0 Å². The van der Waals surface area contributed by atoms with Gasteiger partial charge in [-0.3, -0.25) is 0 Å². The Balaban J connectivity index is 4.03. The van der Waals surface area contributed by atoms with E-state index < -0.39 is 12.1 Å². The van der Waals surface area contributed by atoms with Crippen LogP contribution in [0, 0.1) is 5.92 Å². The minimum absolute atomic E-state index is 0.284. The lowest BCUT2D eigenvalue weighted by molar-refractivity contribution is -0.146. The summed E-state index contributed by atoms with van der Waals surface area (Å²) in [4.78, 5) is 24.0. The summed E-state index contributed by atoms with van der Waals surface area (Å²) < 4.78 is 10.4. The van der Waals surface area contributed by atoms with Crippen molar-refractivity contribution in [1.29, 1.82) is 0 Å². The molecule has 5 heteroatoms. The van der Waals surface area contributed by atoms with Gasteiger partial charge in [0.2, 0.25) is 0 Å². The summed E-state index contributed by atoms with van der Waals surface area (Å²) in [6.45, 7) is 9.07. The molecule has 1 atom stereocenters. The summed E-state index contributed by atoms with van der Waals surface area (Å²) in [6, 6.07) is -0.626. The molecule has 0 aliphatic heterocycles. The van der Waals surface area contributed by atoms with Crippen LogP contribution in [0.25, 0.3) is 0 Å². The van der Waals surface area contributed by atoms with E-state index in [0.717, 1.165) is 25.7 Å². The van der Waals surface area contributed by atoms with Gasteiger partial charge in [0.25, 0.3) is 0 Å². The number of alkyl carbamates (subject to hydrolysis) is 1. The lowest BCUT2D eigenvalue weighted by atomic mass is 10.0. The van der Waals surface area contributed by atoms with Crippen LogP contribution < -0.4 is 5.32 Å². The van der Waals surface area contributed by atoms with Gasteiger partial charge in [-0.25, -0.2) is 9.59 Å². The molecule has 0 unspecified atom stereocenters. The molecule has 0 spiro atoms. The van der Waals surface area contributed by atoms with Crippen molar-refractivity contribution in [3.05, 3.63) is 0 Å². The van der Waals surface area contributed by atoms with Gasteiger partial charge in [-0.05, 0) is 25.2 Å². The highest BCUT2D eigenvalue weighted by Gasteiger charge is 2.23. The first kappa shape index (κ1) is 23.7. The Hall–Kier alpha value is -1.26. The number of hydrogen-bond donors (Lipinski definition) is 1. The Morgan fingerprint density at radius 3 is 1.96 bits per heavy atom. The first-order valence-corrected chi connectivity index (χ1v) is 10.1. The molecule has 25 heavy (non-hydrogen) atoms. The minimum Gasteiger partial charge on any atom is -0.464 e. The zero-order valence-corrected chi connectivity index (χ0v) is 16.8. The fraction of sp³-hybridized carbons (Fsp3) is 0.900. The standard InChI is InChI=1S/C20H39NO4/c1-5-7-9-10-11-12-13-15-24-19(22)18(16-17(3)4)21-20(23)25-14-8-6-2/h17-18H,5-16H2,1-4H3,(H,21,23)/t18-/m0/s1. The van der Waals surface area contributed by atoms with E-state index in [2.05, 4.69) is 12.2 Å². The van der Waals surface area contributed by atoms with E-state index in [4.69, 9.17) is 9.47 Å². The van der Waals surface area contributed by atoms with Crippen LogP contribution in [0.5, 0.6) is 0 Å². The van der Waals surface area contributed by atoms with E-state index in [-0.39, 0.29) is 11.9 Å². The molecule has 0 rings (SSSR count). The molecule has 1 amide bonds. The van der Waals surface area contributed by atoms with E-state index >= 15 is 0 Å². The van der Waals surface area contributed by atoms with Crippen molar-refractivity contribution in [2.75, 3.05) is 13.2 Å². The van der Waals surface area contributed by atoms with Crippen LogP contribution >= 0.6 is 0 Å². The molecule has 0 aromatic heterocycles. The van der Waals surface area contributed by atoms with Crippen LogP contribution in [-0.2, 0) is 14.3 Å². The van der Waals surface area contributed by atoms with Crippen molar-refractivity contribution in [3.63, 3.8) is 0 Å². The molecule has 0 fully saturated rings. The van der Waals surface area contributed by atoms with Gasteiger partial charge in [-0.15, -0.1) is 0 Å². The number of carbonyl (C=O) groups excluding carboxylic acids is 2. The second-order valence-electron chi connectivity index (χ2n) is 7.10. The van der Waals surface area contributed by atoms with Crippen LogP contribution in [-0.4, -0.2) is 31.3 Å². The average molecular weight is 358 g/mol. The smallest absolute Gasteiger partial charge is 0.407 e. The summed E-state index contributed by atoms with van der Waals surface area (Å²) >= 11 is 0. The van der Waals surface area contributed by atoms with Gasteiger partial charge in [-0.1, -0.05) is 72.6 Å². The molecule has 0 heterocycles. The molecule has 0 saturated heterocycles. The predicted molar refractivity (Wildman–Crippen MR) is 102 cm³/mol. The third-order valence-corrected chi connectivity index (χ3v) is 4.01. The maximum Gasteiger partial charge on any atom is 0.407 e. The fourth-order valence-corrected chi connectivity index (χ4v) is 2.51. The van der Waals surface area contributed by atoms with E-state index in [1.807, 2.05) is 20.8 Å². The lowest BCUT2D eigenvalue weighted by Gasteiger charge is -2.19. The minimum atomic E-state index is -0.626. The van der Waals surface area contributed by atoms with E-state index in [1.165, 1.54) is 32.1 Å². The topological polar surface area (TPSA) is 64.6 Å². The molecule has 0 saturated carbocycles. The molecular formula is C20H39NO4. The van der Waals surface area contributed by atoms with Gasteiger partial charge in [0.15, 0.2) is 0 Å². The van der Waals surface area contributed by atoms with Crippen molar-refractivity contribution >= 4 is 12.1 Å². The second-order valence-corrected chi connectivity index (χ2v) is 7.10. The number of amides is 1. The van der Waals surface area contributed by atoms with Gasteiger partial charge >= 0.3 is 12.1 Å². The lowest BCUT2D eigenvalue weighted by Crippen LogP contribution is -2.43. The number of esters is 1. The number of carbonyl (C=O) groups is 2. The highest BCUT2D eigenvalue weighted by atomic mass is 16.6. The Morgan fingerprint density at radius 2 is 1.36 bits per heavy atom. The van der Waals surface area contributed by atoms with Crippen LogP contribution in [0.3, 0.4) is 0 Å². The van der Waals surface area contributed by atoms with Crippen molar-refractivity contribution in [2.45, 2.75) is 97.9 Å². The highest BCUT2D eigenvalue weighted by Crippen LogP contribution is 2.09. The average Bonchev–Trinajstić information content (AvgIpc) is 2.56. The number of hydrogen-bond acceptors (Lipinski definition) is 4.